The fourth-order valence-electron chi connectivity index (χ4n) is 3.62. The number of amides is 4. The van der Waals surface area contributed by atoms with Crippen molar-refractivity contribution in [1.29, 1.82) is 0 Å². The molecular weight excluding hydrogens is 662 g/mol. The molecule has 0 spiro atoms. The molecule has 0 aromatic heterocycles. The average Bonchev–Trinajstić information content (AvgIpc) is 3.07. The van der Waals surface area contributed by atoms with Gasteiger partial charge >= 0.3 is 30.0 Å². The smallest absolute Gasteiger partial charge is 0.330 e. The van der Waals surface area contributed by atoms with Gasteiger partial charge in [-0.2, -0.15) is 0 Å². The zero-order valence-corrected chi connectivity index (χ0v) is 26.9. The van der Waals surface area contributed by atoms with Crippen LogP contribution in [-0.4, -0.2) is 117 Å². The molecule has 1 rings (SSSR count). The van der Waals surface area contributed by atoms with E-state index in [1.807, 2.05) is 31.2 Å². The van der Waals surface area contributed by atoms with Crippen molar-refractivity contribution in [2.45, 2.75) is 38.3 Å². The number of hydrogen-bond acceptors (Lipinski definition) is 18. The van der Waals surface area contributed by atoms with E-state index in [0.717, 1.165) is 11.1 Å². The predicted octanol–water partition coefficient (Wildman–Crippen LogP) is -1.62. The Kier molecular flexibility index (Phi) is 23.3. The average molecular weight is 708 g/mol. The molecule has 0 aliphatic rings. The van der Waals surface area contributed by atoms with Gasteiger partial charge in [-0.05, 0) is 29.4 Å². The van der Waals surface area contributed by atoms with E-state index in [2.05, 4.69) is 35.8 Å². The number of urea groups is 2. The Morgan fingerprint density at radius 2 is 1.02 bits per heavy atom. The van der Waals surface area contributed by atoms with Gasteiger partial charge in [-0.1, -0.05) is 29.8 Å². The molecule has 0 heterocycles. The molecule has 0 saturated carbocycles. The summed E-state index contributed by atoms with van der Waals surface area (Å²) in [5.41, 5.74) is 4.35. The molecule has 0 aliphatic carbocycles. The lowest BCUT2D eigenvalue weighted by Gasteiger charge is -2.34. The largest absolute Gasteiger partial charge is 0.378 e. The first-order valence-corrected chi connectivity index (χ1v) is 14.8. The molecule has 1 aromatic carbocycles. The van der Waals surface area contributed by atoms with Gasteiger partial charge in [-0.25, -0.2) is 9.59 Å². The highest BCUT2D eigenvalue weighted by atomic mass is 16.9. The van der Waals surface area contributed by atoms with Crippen LogP contribution in [0.3, 0.4) is 0 Å². The quantitative estimate of drug-likeness (QED) is 0.0279. The van der Waals surface area contributed by atoms with Crippen molar-refractivity contribution in [3.8, 4) is 0 Å². The van der Waals surface area contributed by atoms with Gasteiger partial charge in [0.15, 0.2) is 0 Å². The van der Waals surface area contributed by atoms with Crippen molar-refractivity contribution in [3.63, 3.8) is 0 Å². The van der Waals surface area contributed by atoms with E-state index in [4.69, 9.17) is 34.6 Å². The first-order chi connectivity index (χ1) is 23.6. The molecule has 10 N–H and O–H groups in total. The number of ether oxygens (including phenoxy) is 4. The molecule has 278 valence electrons. The fourth-order valence-corrected chi connectivity index (χ4v) is 3.62. The standard InChI is InChI=1S/C27H45N7O15/c1-20-2-4-21(5-3-20)16-30-25(38)28-9-14-43-15-10-29-26(39)31-27(17-44-11-6-22(35)47-32-40,18-45-12-7-23(36)48-33-41)19-46-13-8-24(37)49-34-42/h2-5,32-34,40-42H,6-19H2,1H3,(H2,28,30,38)(H2,29,31,39). The van der Waals surface area contributed by atoms with Crippen molar-refractivity contribution >= 4 is 30.0 Å². The molecule has 1 aromatic rings. The lowest BCUT2D eigenvalue weighted by atomic mass is 10.0. The summed E-state index contributed by atoms with van der Waals surface area (Å²) >= 11 is 0. The highest BCUT2D eigenvalue weighted by Crippen LogP contribution is 2.11. The van der Waals surface area contributed by atoms with Gasteiger partial charge in [0.2, 0.25) is 0 Å². The van der Waals surface area contributed by atoms with E-state index < -0.39 is 29.5 Å². The summed E-state index contributed by atoms with van der Waals surface area (Å²) in [4.78, 5) is 72.0. The van der Waals surface area contributed by atoms with Crippen LogP contribution < -0.4 is 38.2 Å². The number of hydrogen-bond donors (Lipinski definition) is 10. The molecule has 22 heteroatoms. The summed E-state index contributed by atoms with van der Waals surface area (Å²) in [7, 11) is 0. The number of rotatable bonds is 27. The van der Waals surface area contributed by atoms with E-state index in [9.17, 15) is 24.0 Å². The lowest BCUT2D eigenvalue weighted by Crippen LogP contribution is -2.61. The van der Waals surface area contributed by atoms with Gasteiger partial charge < -0.3 is 54.7 Å². The summed E-state index contributed by atoms with van der Waals surface area (Å²) in [6.45, 7) is 1.22. The minimum Gasteiger partial charge on any atom is -0.378 e. The van der Waals surface area contributed by atoms with Crippen molar-refractivity contribution in [1.82, 2.24) is 38.2 Å². The van der Waals surface area contributed by atoms with Crippen molar-refractivity contribution in [3.05, 3.63) is 35.4 Å². The summed E-state index contributed by atoms with van der Waals surface area (Å²) in [5.74, 6) is -2.55. The third-order valence-corrected chi connectivity index (χ3v) is 5.98. The van der Waals surface area contributed by atoms with Crippen LogP contribution >= 0.6 is 0 Å². The summed E-state index contributed by atoms with van der Waals surface area (Å²) in [6, 6.07) is 6.66. The van der Waals surface area contributed by atoms with E-state index in [1.165, 1.54) is 16.9 Å². The highest BCUT2D eigenvalue weighted by Gasteiger charge is 2.34. The third kappa shape index (κ3) is 22.1. The molecule has 0 unspecified atom stereocenters. The topological polar surface area (TPSA) is 295 Å². The molecule has 0 radical (unpaired) electrons. The molecule has 49 heavy (non-hydrogen) atoms. The Morgan fingerprint density at radius 3 is 1.45 bits per heavy atom. The maximum Gasteiger partial charge on any atom is 0.330 e. The number of carbonyl (C=O) groups excluding carboxylic acids is 5. The second-order valence-electron chi connectivity index (χ2n) is 9.97. The maximum atomic E-state index is 12.9. The first kappa shape index (κ1) is 42.8. The first-order valence-electron chi connectivity index (χ1n) is 14.8. The minimum absolute atomic E-state index is 0.0457. The predicted molar refractivity (Wildman–Crippen MR) is 161 cm³/mol. The van der Waals surface area contributed by atoms with Gasteiger partial charge in [0.1, 0.15) is 5.54 Å². The van der Waals surface area contributed by atoms with Crippen LogP contribution in [0.5, 0.6) is 0 Å². The summed E-state index contributed by atoms with van der Waals surface area (Å²) in [6.07, 6.45) is -0.880. The van der Waals surface area contributed by atoms with Crippen molar-refractivity contribution in [2.24, 2.45) is 0 Å². The molecule has 0 bridgehead atoms. The van der Waals surface area contributed by atoms with Crippen LogP contribution in [0.15, 0.2) is 24.3 Å². The monoisotopic (exact) mass is 707 g/mol. The second-order valence-corrected chi connectivity index (χ2v) is 9.97. The SMILES string of the molecule is Cc1ccc(CNC(=O)NCCOCCNC(=O)NC(COCCC(=O)ONO)(COCCC(=O)ONO)COCCC(=O)ONO)cc1. The normalized spacial score (nSPS) is 10.9. The molecule has 0 aliphatic heterocycles. The van der Waals surface area contributed by atoms with Gasteiger partial charge in [0.25, 0.3) is 0 Å². The van der Waals surface area contributed by atoms with Crippen LogP contribution in [0, 0.1) is 6.92 Å². The minimum atomic E-state index is -1.47. The fraction of sp³-hybridized carbons (Fsp3) is 0.593. The Bertz CT molecular complexity index is 1050. The lowest BCUT2D eigenvalue weighted by molar-refractivity contribution is -0.178. The van der Waals surface area contributed by atoms with Crippen molar-refractivity contribution < 1.29 is 73.1 Å². The van der Waals surface area contributed by atoms with Crippen LogP contribution in [0.2, 0.25) is 0 Å². The Morgan fingerprint density at radius 1 is 0.592 bits per heavy atom. The Labute approximate surface area is 281 Å². The molecular formula is C27H45N7O15. The van der Waals surface area contributed by atoms with Crippen LogP contribution in [-0.2, 0) is 54.4 Å². The van der Waals surface area contributed by atoms with E-state index in [-0.39, 0.29) is 91.2 Å². The number of benzene rings is 1. The van der Waals surface area contributed by atoms with Gasteiger partial charge in [-0.15, -0.1) is 0 Å². The Hall–Kier alpha value is -4.23. The molecule has 22 nitrogen and oxygen atoms in total. The second kappa shape index (κ2) is 26.7. The maximum absolute atomic E-state index is 12.9. The Balaban J connectivity index is 2.65. The van der Waals surface area contributed by atoms with E-state index in [1.54, 1.807) is 0 Å². The molecule has 0 atom stereocenters. The highest BCUT2D eigenvalue weighted by molar-refractivity contribution is 5.75. The van der Waals surface area contributed by atoms with E-state index in [0.29, 0.717) is 6.54 Å². The summed E-state index contributed by atoms with van der Waals surface area (Å²) in [5, 5.41) is 36.1. The van der Waals surface area contributed by atoms with Crippen molar-refractivity contribution in [2.75, 3.05) is 65.9 Å². The van der Waals surface area contributed by atoms with E-state index >= 15 is 0 Å². The van der Waals surface area contributed by atoms with Crippen LogP contribution in [0.25, 0.3) is 0 Å². The zero-order chi connectivity index (χ0) is 36.2. The molecule has 0 saturated heterocycles. The van der Waals surface area contributed by atoms with Gasteiger partial charge in [-0.3, -0.25) is 30.0 Å². The summed E-state index contributed by atoms with van der Waals surface area (Å²) < 4.78 is 22.1. The van der Waals surface area contributed by atoms with Gasteiger partial charge in [0.05, 0.1) is 72.1 Å². The molecule has 0 fully saturated rings. The van der Waals surface area contributed by atoms with Crippen LogP contribution in [0.1, 0.15) is 30.4 Å². The number of carbonyl (C=O) groups is 5. The number of nitrogens with one attached hydrogen (secondary N) is 7. The van der Waals surface area contributed by atoms with Crippen LogP contribution in [0.4, 0.5) is 9.59 Å². The van der Waals surface area contributed by atoms with Gasteiger partial charge in [0, 0.05) is 19.6 Å². The number of aryl methyl sites for hydroxylation is 1. The zero-order valence-electron chi connectivity index (χ0n) is 26.9. The molecule has 4 amide bonds. The third-order valence-electron chi connectivity index (χ3n) is 5.98.